The quantitative estimate of drug-likeness (QED) is 0.0408. The number of fused-ring (bicyclic) bond motifs is 2. The predicted octanol–water partition coefficient (Wildman–Crippen LogP) is 43.0. The molecule has 0 bridgehead atoms. The second-order valence-electron chi connectivity index (χ2n) is 43.0. The molecular formula is C124H206Br4N4O6S4. The van der Waals surface area contributed by atoms with Crippen LogP contribution >= 0.6 is 105 Å². The Hall–Kier alpha value is -2.52. The number of carbonyl (C=O) groups is 4. The van der Waals surface area contributed by atoms with Gasteiger partial charge in [-0.2, -0.15) is 0 Å². The molecule has 0 aliphatic carbocycles. The van der Waals surface area contributed by atoms with E-state index in [9.17, 15) is 19.2 Å². The maximum atomic E-state index is 14.8. The predicted molar refractivity (Wildman–Crippen MR) is 637 cm³/mol. The maximum absolute atomic E-state index is 14.8. The highest BCUT2D eigenvalue weighted by Crippen LogP contribution is 2.52. The minimum atomic E-state index is -0.0124. The first-order valence-electron chi connectivity index (χ1n) is 60.0. The number of halogens is 4. The molecule has 18 heteroatoms. The summed E-state index contributed by atoms with van der Waals surface area (Å²) in [5.74, 6) is 1.59. The van der Waals surface area contributed by atoms with Gasteiger partial charge in [0.15, 0.2) is 0 Å². The summed E-state index contributed by atoms with van der Waals surface area (Å²) in [6.07, 6.45) is 102. The molecular weight excluding hydrogens is 2090 g/mol. The molecule has 10 nitrogen and oxygen atoms in total. The summed E-state index contributed by atoms with van der Waals surface area (Å²) in [5, 5.41) is 4.15. The maximum Gasteiger partial charge on any atom is 0.261 e. The van der Waals surface area contributed by atoms with E-state index in [-0.39, 0.29) is 23.6 Å². The van der Waals surface area contributed by atoms with E-state index in [1.807, 2.05) is 31.7 Å². The lowest BCUT2D eigenvalue weighted by atomic mass is 9.96. The number of carbonyl (C=O) groups excluding carboxylic acids is 4. The minimum Gasteiger partial charge on any atom is -0.378 e. The Morgan fingerprint density at radius 3 is 0.627 bits per heavy atom. The fraction of sp³-hybridized carbons (Fsp3) is 0.774. The average Bonchev–Trinajstić information content (AvgIpc) is 1.56. The second kappa shape index (κ2) is 85.0. The van der Waals surface area contributed by atoms with Crippen molar-refractivity contribution in [1.29, 1.82) is 0 Å². The molecule has 4 amide bonds. The van der Waals surface area contributed by atoms with Gasteiger partial charge < -0.3 is 29.1 Å². The van der Waals surface area contributed by atoms with E-state index < -0.39 is 0 Å². The third-order valence-electron chi connectivity index (χ3n) is 30.5. The van der Waals surface area contributed by atoms with Gasteiger partial charge in [-0.05, 0) is 155 Å². The number of ether oxygens (including phenoxy) is 2. The summed E-state index contributed by atoms with van der Waals surface area (Å²) >= 11 is 19.4. The van der Waals surface area contributed by atoms with Crippen LogP contribution < -0.4 is 0 Å². The molecule has 0 aromatic carbocycles. The van der Waals surface area contributed by atoms with Crippen molar-refractivity contribution >= 4 is 152 Å². The topological polar surface area (TPSA) is 99.7 Å². The molecule has 4 unspecified atom stereocenters. The number of nitrogens with zero attached hydrogens (tertiary/aromatic N) is 4. The van der Waals surface area contributed by atoms with Crippen molar-refractivity contribution < 1.29 is 28.7 Å². The molecule has 8 rings (SSSR count). The van der Waals surface area contributed by atoms with Gasteiger partial charge in [-0.1, -0.05) is 504 Å². The molecule has 0 spiro atoms. The highest BCUT2D eigenvalue weighted by molar-refractivity contribution is 9.93. The van der Waals surface area contributed by atoms with Gasteiger partial charge in [0, 0.05) is 67.6 Å². The third-order valence-corrected chi connectivity index (χ3v) is 35.5. The Morgan fingerprint density at radius 2 is 0.430 bits per heavy atom. The first-order valence-corrected chi connectivity index (χ1v) is 68.7. The number of amides is 4. The van der Waals surface area contributed by atoms with Gasteiger partial charge in [-0.3, -0.25) is 19.2 Å². The van der Waals surface area contributed by atoms with Crippen LogP contribution in [0.3, 0.4) is 0 Å². The van der Waals surface area contributed by atoms with E-state index in [1.165, 1.54) is 417 Å². The molecule has 0 fully saturated rings. The molecule has 4 atom stereocenters. The van der Waals surface area contributed by atoms with Crippen molar-refractivity contribution in [2.24, 2.45) is 11.8 Å². The lowest BCUT2D eigenvalue weighted by Gasteiger charge is -2.24. The summed E-state index contributed by atoms with van der Waals surface area (Å²) in [6, 6.07) is 16.5. The smallest absolute Gasteiger partial charge is 0.261 e. The zero-order chi connectivity index (χ0) is 102. The number of rotatable bonds is 94. The molecule has 142 heavy (non-hydrogen) atoms. The van der Waals surface area contributed by atoms with Crippen LogP contribution in [0.2, 0.25) is 0 Å². The van der Waals surface area contributed by atoms with Crippen molar-refractivity contribution in [2.75, 3.05) is 39.4 Å². The molecule has 4 aliphatic rings. The highest BCUT2D eigenvalue weighted by atomic mass is 80.9. The third kappa shape index (κ3) is 52.2. The summed E-state index contributed by atoms with van der Waals surface area (Å²) in [6.45, 7) is 23.0. The van der Waals surface area contributed by atoms with Crippen molar-refractivity contribution in [2.45, 2.75) is 568 Å². The van der Waals surface area contributed by atoms with Crippen LogP contribution in [0.5, 0.6) is 0 Å². The van der Waals surface area contributed by atoms with Crippen LogP contribution in [-0.2, 0) is 28.7 Å². The van der Waals surface area contributed by atoms with E-state index in [2.05, 4.69) is 163 Å². The number of hydrogen-bond donors (Lipinski definition) is 0. The Balaban J connectivity index is 0.000000427. The molecule has 4 aliphatic heterocycles. The Morgan fingerprint density at radius 1 is 0.239 bits per heavy atom. The van der Waals surface area contributed by atoms with E-state index >= 15 is 0 Å². The van der Waals surface area contributed by atoms with Crippen LogP contribution in [0.4, 0.5) is 0 Å². The summed E-state index contributed by atoms with van der Waals surface area (Å²) in [7, 11) is 0. The SMILES string of the molecule is BrBr.CCCCCCCCCCCCC(C)CCCCCCN1C(=O)C2=C(c3ccc(Br)s3)N(CCCCCCC(CCCCCCCCCCCC)OCCCCCCCCC)C(=O)C2=C1c1ccc(Br)s1.CCCCCCCCCCCCC(C)CCCCCCN1C(=O)C2=C(c3cccs3)N(CCCCCCC(CCCCCCCCCCCC)OCCCCCCCCC)C(=O)C2=C1c1cccs1. The van der Waals surface area contributed by atoms with Gasteiger partial charge in [0.1, 0.15) is 0 Å². The van der Waals surface area contributed by atoms with E-state index in [1.54, 1.807) is 45.3 Å². The zero-order valence-corrected chi connectivity index (χ0v) is 101. The van der Waals surface area contributed by atoms with E-state index in [0.717, 1.165) is 158 Å². The van der Waals surface area contributed by atoms with E-state index in [0.29, 0.717) is 60.7 Å². The van der Waals surface area contributed by atoms with E-state index in [4.69, 9.17) is 9.47 Å². The molecule has 0 saturated heterocycles. The van der Waals surface area contributed by atoms with Crippen LogP contribution in [0.25, 0.3) is 22.8 Å². The lowest BCUT2D eigenvalue weighted by Crippen LogP contribution is -2.30. The van der Waals surface area contributed by atoms with Crippen LogP contribution in [-0.4, -0.2) is 94.8 Å². The molecule has 0 radical (unpaired) electrons. The zero-order valence-electron chi connectivity index (χ0n) is 91.9. The average molecular weight is 2300 g/mol. The minimum absolute atomic E-state index is 0.00930. The summed E-state index contributed by atoms with van der Waals surface area (Å²) < 4.78 is 15.2. The Labute approximate surface area is 920 Å². The van der Waals surface area contributed by atoms with Gasteiger partial charge in [-0.25, -0.2) is 0 Å². The van der Waals surface area contributed by atoms with Gasteiger partial charge in [-0.15, -0.1) is 45.3 Å². The Bertz CT molecular complexity index is 3940. The monoisotopic (exact) mass is 2290 g/mol. The molecule has 0 saturated carbocycles. The van der Waals surface area contributed by atoms with Crippen molar-refractivity contribution in [3.8, 4) is 0 Å². The molecule has 0 N–H and O–H groups in total. The molecule has 4 aromatic rings. The van der Waals surface area contributed by atoms with Crippen molar-refractivity contribution in [3.05, 3.63) is 109 Å². The van der Waals surface area contributed by atoms with Gasteiger partial charge in [0.25, 0.3) is 23.6 Å². The number of thiophene rings is 4. The largest absolute Gasteiger partial charge is 0.378 e. The summed E-state index contributed by atoms with van der Waals surface area (Å²) in [4.78, 5) is 70.7. The first kappa shape index (κ1) is 128. The second-order valence-corrected chi connectivity index (χ2v) is 49.8. The lowest BCUT2D eigenvalue weighted by molar-refractivity contribution is -0.124. The van der Waals surface area contributed by atoms with Gasteiger partial charge >= 0.3 is 0 Å². The number of unbranched alkanes of at least 4 members (excludes halogenated alkanes) is 60. The molecule has 810 valence electrons. The fourth-order valence-electron chi connectivity index (χ4n) is 21.8. The van der Waals surface area contributed by atoms with Crippen LogP contribution in [0, 0.1) is 11.8 Å². The standard InChI is InChI=1S/C62H102Br2N2O3S2.C62H104N2O3S2.Br2/c1-5-8-11-14-17-19-21-23-26-33-40-51(4)41-34-28-30-37-48-65-59(53-44-46-55(63)70-53)57-58(61(65)67)60(54-45-47-56(64)71-54)66(62(57)68)49-38-31-29-36-43-52(69-50-39-32-25-16-13-10-7-3)42-35-27-24-22-20-18-15-12-9-6-2;1-5-8-11-14-17-19-21-23-26-33-42-53(4)43-34-28-30-37-48-63-59(55-46-40-51-68-55)57-58(61(63)65)60(56-47-41-52-69-56)64(62(57)66)49-38-31-29-36-45-54(67-50-39-32-25-16-13-10-7-3)44-35-27-24-22-20-18-15-12-9-6-2;1-2/h44-47,51-52H,5-43,48-50H2,1-4H3;40-41,46-47,51-54H,5-39,42-45,48-50H2,1-4H3;. The van der Waals surface area contributed by atoms with Gasteiger partial charge in [0.2, 0.25) is 0 Å². The highest BCUT2D eigenvalue weighted by Gasteiger charge is 2.51. The summed E-state index contributed by atoms with van der Waals surface area (Å²) in [5.41, 5.74) is 5.82. The normalized spacial score (nSPS) is 14.7. The fourth-order valence-corrected chi connectivity index (χ4v) is 26.3. The van der Waals surface area contributed by atoms with Crippen LogP contribution in [0.15, 0.2) is 89.2 Å². The first-order chi connectivity index (χ1) is 69.8. The van der Waals surface area contributed by atoms with Crippen molar-refractivity contribution in [1.82, 2.24) is 19.6 Å². The molecule has 4 aromatic heterocycles. The van der Waals surface area contributed by atoms with Crippen molar-refractivity contribution in [3.63, 3.8) is 0 Å². The van der Waals surface area contributed by atoms with Crippen LogP contribution in [0.1, 0.15) is 576 Å². The number of hydrogen-bond acceptors (Lipinski definition) is 10. The Kier molecular flexibility index (Phi) is 76.7. The molecule has 8 heterocycles. The van der Waals surface area contributed by atoms with Gasteiger partial charge in [0.05, 0.1) is 84.4 Å².